The van der Waals surface area contributed by atoms with Crippen molar-refractivity contribution in [1.82, 2.24) is 0 Å². The maximum atomic E-state index is 12.6. The van der Waals surface area contributed by atoms with Crippen LogP contribution in [0.1, 0.15) is 92.5 Å². The molecule has 3 atom stereocenters. The van der Waals surface area contributed by atoms with E-state index in [1.165, 1.54) is 36.4 Å². The van der Waals surface area contributed by atoms with Crippen molar-refractivity contribution >= 4 is 23.9 Å². The molecule has 0 spiro atoms. The summed E-state index contributed by atoms with van der Waals surface area (Å²) in [5.41, 5.74) is 1.86. The van der Waals surface area contributed by atoms with Crippen molar-refractivity contribution in [3.05, 3.63) is 89.5 Å². The molecule has 3 unspecified atom stereocenters. The van der Waals surface area contributed by atoms with Gasteiger partial charge in [-0.1, -0.05) is 52.7 Å². The van der Waals surface area contributed by atoms with Gasteiger partial charge >= 0.3 is 23.9 Å². The third-order valence-corrected chi connectivity index (χ3v) is 8.07. The van der Waals surface area contributed by atoms with E-state index in [1.807, 2.05) is 12.1 Å². The van der Waals surface area contributed by atoms with Gasteiger partial charge in [0.15, 0.2) is 0 Å². The SMILES string of the molecule is CCCc1ccc(C(=O)Oc2ccc(OC(=O)c3ccc(OC(=O)CCC(=O)OC4CC(C)CCC4C(C)C)cc3)cc2)cc1. The first-order valence-corrected chi connectivity index (χ1v) is 15.7. The van der Waals surface area contributed by atoms with Crippen LogP contribution in [0.4, 0.5) is 0 Å². The Morgan fingerprint density at radius 2 is 1.18 bits per heavy atom. The molecule has 3 aromatic rings. The summed E-state index contributed by atoms with van der Waals surface area (Å²) < 4.78 is 21.9. The van der Waals surface area contributed by atoms with Gasteiger partial charge < -0.3 is 18.9 Å². The quantitative estimate of drug-likeness (QED) is 0.151. The van der Waals surface area contributed by atoms with Gasteiger partial charge in [0.2, 0.25) is 0 Å². The van der Waals surface area contributed by atoms with E-state index in [0.29, 0.717) is 29.1 Å². The molecule has 8 nitrogen and oxygen atoms in total. The van der Waals surface area contributed by atoms with Crippen molar-refractivity contribution in [3.8, 4) is 17.2 Å². The number of aryl methyl sites for hydroxylation is 1. The van der Waals surface area contributed by atoms with Gasteiger partial charge in [0.1, 0.15) is 23.4 Å². The Morgan fingerprint density at radius 1 is 0.689 bits per heavy atom. The largest absolute Gasteiger partial charge is 0.462 e. The zero-order chi connectivity index (χ0) is 32.3. The number of esters is 4. The Labute approximate surface area is 265 Å². The van der Waals surface area contributed by atoms with Crippen LogP contribution in [0.15, 0.2) is 72.8 Å². The molecular weight excluding hydrogens is 572 g/mol. The summed E-state index contributed by atoms with van der Waals surface area (Å²) in [4.78, 5) is 49.9. The highest BCUT2D eigenvalue weighted by Gasteiger charge is 2.33. The summed E-state index contributed by atoms with van der Waals surface area (Å²) in [6, 6.07) is 19.4. The van der Waals surface area contributed by atoms with Gasteiger partial charge in [0.25, 0.3) is 0 Å². The fourth-order valence-corrected chi connectivity index (χ4v) is 5.53. The maximum absolute atomic E-state index is 12.6. The molecule has 0 aromatic heterocycles. The second-order valence-electron chi connectivity index (χ2n) is 12.1. The minimum Gasteiger partial charge on any atom is -0.462 e. The zero-order valence-electron chi connectivity index (χ0n) is 26.5. The highest BCUT2D eigenvalue weighted by Crippen LogP contribution is 2.35. The fourth-order valence-electron chi connectivity index (χ4n) is 5.53. The van der Waals surface area contributed by atoms with Crippen LogP contribution in [0.2, 0.25) is 0 Å². The molecule has 8 heteroatoms. The molecule has 1 fully saturated rings. The molecule has 1 saturated carbocycles. The third kappa shape index (κ3) is 10.0. The Hall–Kier alpha value is -4.46. The van der Waals surface area contributed by atoms with E-state index >= 15 is 0 Å². The van der Waals surface area contributed by atoms with E-state index in [4.69, 9.17) is 18.9 Å². The predicted molar refractivity (Wildman–Crippen MR) is 169 cm³/mol. The first-order valence-electron chi connectivity index (χ1n) is 15.7. The van der Waals surface area contributed by atoms with Crippen LogP contribution >= 0.6 is 0 Å². The topological polar surface area (TPSA) is 105 Å². The average Bonchev–Trinajstić information content (AvgIpc) is 3.02. The molecule has 1 aliphatic carbocycles. The fraction of sp³-hybridized carbons (Fsp3) is 0.405. The van der Waals surface area contributed by atoms with Crippen LogP contribution in [0.25, 0.3) is 0 Å². The number of ether oxygens (including phenoxy) is 4. The Bertz CT molecular complexity index is 1440. The Kier molecular flexibility index (Phi) is 11.9. The molecule has 0 heterocycles. The molecule has 4 rings (SSSR count). The van der Waals surface area contributed by atoms with Crippen molar-refractivity contribution in [3.63, 3.8) is 0 Å². The first-order chi connectivity index (χ1) is 21.6. The van der Waals surface area contributed by atoms with Crippen molar-refractivity contribution in [2.75, 3.05) is 0 Å². The number of rotatable bonds is 12. The third-order valence-electron chi connectivity index (χ3n) is 8.07. The van der Waals surface area contributed by atoms with Crippen molar-refractivity contribution < 1.29 is 38.1 Å². The molecule has 1 aliphatic rings. The first kappa shape index (κ1) is 33.4. The lowest BCUT2D eigenvalue weighted by Crippen LogP contribution is -2.36. The molecule has 45 heavy (non-hydrogen) atoms. The van der Waals surface area contributed by atoms with Crippen molar-refractivity contribution in [2.45, 2.75) is 78.7 Å². The minimum atomic E-state index is -0.607. The summed E-state index contributed by atoms with van der Waals surface area (Å²) >= 11 is 0. The smallest absolute Gasteiger partial charge is 0.343 e. The van der Waals surface area contributed by atoms with Crippen LogP contribution in [-0.2, 0) is 20.7 Å². The van der Waals surface area contributed by atoms with Crippen LogP contribution < -0.4 is 14.2 Å². The predicted octanol–water partition coefficient (Wildman–Crippen LogP) is 7.77. The van der Waals surface area contributed by atoms with Crippen molar-refractivity contribution in [1.29, 1.82) is 0 Å². The molecule has 3 aromatic carbocycles. The monoisotopic (exact) mass is 614 g/mol. The second kappa shape index (κ2) is 16.0. The molecule has 0 N–H and O–H groups in total. The van der Waals surface area contributed by atoms with Gasteiger partial charge in [-0.05, 0) is 103 Å². The molecule has 0 saturated heterocycles. The maximum Gasteiger partial charge on any atom is 0.343 e. The number of carbonyl (C=O) groups excluding carboxylic acids is 4. The number of carbonyl (C=O) groups is 4. The van der Waals surface area contributed by atoms with Gasteiger partial charge in [0.05, 0.1) is 24.0 Å². The van der Waals surface area contributed by atoms with Crippen molar-refractivity contribution in [2.24, 2.45) is 17.8 Å². The lowest BCUT2D eigenvalue weighted by Gasteiger charge is -2.36. The molecule has 0 bridgehead atoms. The molecule has 0 radical (unpaired) electrons. The highest BCUT2D eigenvalue weighted by atomic mass is 16.6. The molecule has 0 aliphatic heterocycles. The highest BCUT2D eigenvalue weighted by molar-refractivity contribution is 5.92. The molecular formula is C37H42O8. The van der Waals surface area contributed by atoms with Crippen LogP contribution in [0.5, 0.6) is 17.2 Å². The normalized spacial score (nSPS) is 17.8. The minimum absolute atomic E-state index is 0.0525. The van der Waals surface area contributed by atoms with Crippen LogP contribution in [0.3, 0.4) is 0 Å². The lowest BCUT2D eigenvalue weighted by molar-refractivity contribution is -0.157. The Balaban J connectivity index is 1.21. The average molecular weight is 615 g/mol. The number of hydrogen-bond donors (Lipinski definition) is 0. The van der Waals surface area contributed by atoms with E-state index < -0.39 is 23.9 Å². The van der Waals surface area contributed by atoms with Gasteiger partial charge in [-0.2, -0.15) is 0 Å². The van der Waals surface area contributed by atoms with Gasteiger partial charge in [-0.25, -0.2) is 9.59 Å². The summed E-state index contributed by atoms with van der Waals surface area (Å²) in [7, 11) is 0. The second-order valence-corrected chi connectivity index (χ2v) is 12.1. The Morgan fingerprint density at radius 3 is 1.71 bits per heavy atom. The lowest BCUT2D eigenvalue weighted by atomic mass is 9.75. The van der Waals surface area contributed by atoms with Gasteiger partial charge in [-0.15, -0.1) is 0 Å². The van der Waals surface area contributed by atoms with E-state index in [2.05, 4.69) is 27.7 Å². The number of benzene rings is 3. The van der Waals surface area contributed by atoms with Crippen LogP contribution in [0, 0.1) is 17.8 Å². The van der Waals surface area contributed by atoms with E-state index in [0.717, 1.165) is 37.7 Å². The summed E-state index contributed by atoms with van der Waals surface area (Å²) in [5, 5.41) is 0. The van der Waals surface area contributed by atoms with Gasteiger partial charge in [-0.3, -0.25) is 9.59 Å². The summed E-state index contributed by atoms with van der Waals surface area (Å²) in [6.45, 7) is 8.57. The van der Waals surface area contributed by atoms with Gasteiger partial charge in [0, 0.05) is 0 Å². The standard InChI is InChI=1S/C37H42O8/c1-5-6-26-8-10-27(11-9-26)36(40)43-30-16-18-31(19-17-30)44-37(41)28-12-14-29(15-13-28)42-34(38)21-22-35(39)45-33-23-25(4)7-20-32(33)24(2)3/h8-19,24-25,32-33H,5-7,20-23H2,1-4H3. The van der Waals surface area contributed by atoms with Crippen LogP contribution in [-0.4, -0.2) is 30.0 Å². The molecule has 0 amide bonds. The number of hydrogen-bond acceptors (Lipinski definition) is 8. The summed E-state index contributed by atoms with van der Waals surface area (Å²) in [5.74, 6) is 0.0845. The zero-order valence-corrected chi connectivity index (χ0v) is 26.5. The summed E-state index contributed by atoms with van der Waals surface area (Å²) in [6.07, 6.45) is 4.74. The van der Waals surface area contributed by atoms with E-state index in [-0.39, 0.29) is 36.0 Å². The van der Waals surface area contributed by atoms with E-state index in [1.54, 1.807) is 24.3 Å². The molecule has 238 valence electrons. The van der Waals surface area contributed by atoms with E-state index in [9.17, 15) is 19.2 Å².